The Bertz CT molecular complexity index is 888. The molecule has 1 N–H and O–H groups in total. The first-order valence-corrected chi connectivity index (χ1v) is 7.42. The van der Waals surface area contributed by atoms with Crippen LogP contribution in [0.5, 0.6) is 5.75 Å². The molecule has 2 aromatic carbocycles. The van der Waals surface area contributed by atoms with Gasteiger partial charge in [-0.3, -0.25) is 0 Å². The van der Waals surface area contributed by atoms with E-state index in [4.69, 9.17) is 9.15 Å². The average molecular weight is 348 g/mol. The van der Waals surface area contributed by atoms with Crippen molar-refractivity contribution in [3.8, 4) is 17.1 Å². The second-order valence-corrected chi connectivity index (χ2v) is 5.44. The van der Waals surface area contributed by atoms with Crippen LogP contribution in [-0.2, 0) is 6.18 Å². The zero-order valence-electron chi connectivity index (χ0n) is 13.5. The largest absolute Gasteiger partial charge is 0.495 e. The number of methoxy groups -OCH3 is 1. The fourth-order valence-corrected chi connectivity index (χ4v) is 2.35. The van der Waals surface area contributed by atoms with Gasteiger partial charge < -0.3 is 14.5 Å². The lowest BCUT2D eigenvalue weighted by atomic mass is 10.1. The van der Waals surface area contributed by atoms with Gasteiger partial charge in [-0.25, -0.2) is 4.98 Å². The van der Waals surface area contributed by atoms with E-state index in [1.807, 2.05) is 19.1 Å². The van der Waals surface area contributed by atoms with Gasteiger partial charge in [-0.05, 0) is 36.8 Å². The van der Waals surface area contributed by atoms with Crippen LogP contribution in [0, 0.1) is 6.92 Å². The number of nitrogens with one attached hydrogen (secondary N) is 1. The van der Waals surface area contributed by atoms with E-state index in [0.29, 0.717) is 17.0 Å². The molecule has 0 aliphatic heterocycles. The van der Waals surface area contributed by atoms with Gasteiger partial charge in [0.2, 0.25) is 0 Å². The lowest BCUT2D eigenvalue weighted by molar-refractivity contribution is -0.137. The molecular formula is C18H15F3N2O2. The Hall–Kier alpha value is -2.96. The smallest absolute Gasteiger partial charge is 0.416 e. The van der Waals surface area contributed by atoms with Crippen LogP contribution in [0.3, 0.4) is 0 Å². The highest BCUT2D eigenvalue weighted by atomic mass is 19.4. The van der Waals surface area contributed by atoms with E-state index in [1.54, 1.807) is 13.2 Å². The molecule has 0 amide bonds. The Labute approximate surface area is 142 Å². The zero-order chi connectivity index (χ0) is 18.0. The Morgan fingerprint density at radius 2 is 1.92 bits per heavy atom. The van der Waals surface area contributed by atoms with Crippen LogP contribution in [0.1, 0.15) is 11.1 Å². The quantitative estimate of drug-likeness (QED) is 0.684. The molecule has 1 heterocycles. The van der Waals surface area contributed by atoms with Gasteiger partial charge in [0.25, 0.3) is 6.01 Å². The van der Waals surface area contributed by atoms with Crippen LogP contribution in [0.15, 0.2) is 53.1 Å². The molecule has 0 fully saturated rings. The number of oxazole rings is 1. The molecule has 130 valence electrons. The Kier molecular flexibility index (Phi) is 4.39. The number of halogens is 3. The van der Waals surface area contributed by atoms with E-state index in [-0.39, 0.29) is 11.8 Å². The van der Waals surface area contributed by atoms with Gasteiger partial charge in [0.15, 0.2) is 5.76 Å². The number of alkyl halides is 3. The van der Waals surface area contributed by atoms with E-state index in [0.717, 1.165) is 17.7 Å². The van der Waals surface area contributed by atoms with E-state index < -0.39 is 11.7 Å². The number of nitrogens with zero attached hydrogens (tertiary/aromatic N) is 1. The average Bonchev–Trinajstić information content (AvgIpc) is 3.03. The number of hydrogen-bond donors (Lipinski definition) is 1. The van der Waals surface area contributed by atoms with Crippen molar-refractivity contribution >= 4 is 11.7 Å². The first kappa shape index (κ1) is 16.9. The number of ether oxygens (including phenoxy) is 1. The van der Waals surface area contributed by atoms with Gasteiger partial charge in [0.05, 0.1) is 24.6 Å². The van der Waals surface area contributed by atoms with Crippen LogP contribution in [0.4, 0.5) is 24.9 Å². The summed E-state index contributed by atoms with van der Waals surface area (Å²) in [5.74, 6) is 0.838. The van der Waals surface area contributed by atoms with Crippen LogP contribution >= 0.6 is 0 Å². The fourth-order valence-electron chi connectivity index (χ4n) is 2.35. The van der Waals surface area contributed by atoms with Crippen molar-refractivity contribution in [2.24, 2.45) is 0 Å². The van der Waals surface area contributed by atoms with Crippen molar-refractivity contribution in [2.75, 3.05) is 12.4 Å². The third-order valence-corrected chi connectivity index (χ3v) is 3.58. The molecule has 0 aliphatic carbocycles. The van der Waals surface area contributed by atoms with E-state index in [9.17, 15) is 13.2 Å². The molecule has 3 aromatic rings. The van der Waals surface area contributed by atoms with Gasteiger partial charge in [0.1, 0.15) is 5.75 Å². The molecule has 0 radical (unpaired) electrons. The van der Waals surface area contributed by atoms with E-state index in [1.165, 1.54) is 18.3 Å². The molecule has 7 heteroatoms. The minimum Gasteiger partial charge on any atom is -0.495 e. The summed E-state index contributed by atoms with van der Waals surface area (Å²) in [6.07, 6.45) is -3.04. The number of benzene rings is 2. The monoisotopic (exact) mass is 348 g/mol. The SMILES string of the molecule is COc1ccc(C)cc1Nc1ncc(-c2cccc(C(F)(F)F)c2)o1. The van der Waals surface area contributed by atoms with Crippen LogP contribution in [0.2, 0.25) is 0 Å². The van der Waals surface area contributed by atoms with Gasteiger partial charge in [-0.2, -0.15) is 13.2 Å². The summed E-state index contributed by atoms with van der Waals surface area (Å²) in [6, 6.07) is 10.6. The first-order valence-electron chi connectivity index (χ1n) is 7.42. The number of hydrogen-bond acceptors (Lipinski definition) is 4. The highest BCUT2D eigenvalue weighted by Gasteiger charge is 2.30. The molecule has 0 spiro atoms. The predicted molar refractivity (Wildman–Crippen MR) is 88.0 cm³/mol. The van der Waals surface area contributed by atoms with Crippen molar-refractivity contribution < 1.29 is 22.3 Å². The molecule has 3 rings (SSSR count). The molecule has 0 aliphatic rings. The van der Waals surface area contributed by atoms with Crippen molar-refractivity contribution in [2.45, 2.75) is 13.1 Å². The topological polar surface area (TPSA) is 47.3 Å². The summed E-state index contributed by atoms with van der Waals surface area (Å²) in [5, 5.41) is 2.97. The maximum atomic E-state index is 12.8. The third-order valence-electron chi connectivity index (χ3n) is 3.58. The van der Waals surface area contributed by atoms with Crippen molar-refractivity contribution in [3.63, 3.8) is 0 Å². The number of aryl methyl sites for hydroxylation is 1. The van der Waals surface area contributed by atoms with E-state index >= 15 is 0 Å². The molecular weight excluding hydrogens is 333 g/mol. The molecule has 25 heavy (non-hydrogen) atoms. The summed E-state index contributed by atoms with van der Waals surface area (Å²) < 4.78 is 49.3. The van der Waals surface area contributed by atoms with Crippen LogP contribution in [0.25, 0.3) is 11.3 Å². The van der Waals surface area contributed by atoms with Gasteiger partial charge in [0, 0.05) is 5.56 Å². The Balaban J connectivity index is 1.88. The maximum absolute atomic E-state index is 12.8. The molecule has 0 bridgehead atoms. The second kappa shape index (κ2) is 6.51. The van der Waals surface area contributed by atoms with E-state index in [2.05, 4.69) is 10.3 Å². The standard InChI is InChI=1S/C18H15F3N2O2/c1-11-6-7-15(24-2)14(8-11)23-17-22-10-16(25-17)12-4-3-5-13(9-12)18(19,20)21/h3-10H,1-2H3,(H,22,23). The molecule has 0 atom stereocenters. The number of aromatic nitrogens is 1. The summed E-state index contributed by atoms with van der Waals surface area (Å²) in [6.45, 7) is 1.92. The minimum atomic E-state index is -4.41. The number of anilines is 2. The third kappa shape index (κ3) is 3.76. The van der Waals surface area contributed by atoms with Crippen molar-refractivity contribution in [1.82, 2.24) is 4.98 Å². The van der Waals surface area contributed by atoms with Crippen LogP contribution < -0.4 is 10.1 Å². The van der Waals surface area contributed by atoms with Gasteiger partial charge in [-0.1, -0.05) is 18.2 Å². The van der Waals surface area contributed by atoms with Crippen molar-refractivity contribution in [3.05, 3.63) is 59.8 Å². The summed E-state index contributed by atoms with van der Waals surface area (Å²) in [7, 11) is 1.54. The highest BCUT2D eigenvalue weighted by molar-refractivity contribution is 5.65. The summed E-state index contributed by atoms with van der Waals surface area (Å²) >= 11 is 0. The van der Waals surface area contributed by atoms with Crippen LogP contribution in [-0.4, -0.2) is 12.1 Å². The minimum absolute atomic E-state index is 0.163. The Morgan fingerprint density at radius 1 is 1.12 bits per heavy atom. The molecule has 0 unspecified atom stereocenters. The lowest BCUT2D eigenvalue weighted by Crippen LogP contribution is -2.04. The molecule has 4 nitrogen and oxygen atoms in total. The Morgan fingerprint density at radius 3 is 2.64 bits per heavy atom. The lowest BCUT2D eigenvalue weighted by Gasteiger charge is -2.09. The normalized spacial score (nSPS) is 11.4. The predicted octanol–water partition coefficient (Wildman–Crippen LogP) is 5.42. The molecule has 0 saturated carbocycles. The summed E-state index contributed by atoms with van der Waals surface area (Å²) in [5.41, 5.74) is 1.22. The second-order valence-electron chi connectivity index (χ2n) is 5.44. The first-order chi connectivity index (χ1) is 11.9. The van der Waals surface area contributed by atoms with Gasteiger partial charge >= 0.3 is 6.18 Å². The molecule has 0 saturated heterocycles. The highest BCUT2D eigenvalue weighted by Crippen LogP contribution is 2.34. The number of rotatable bonds is 4. The molecule has 1 aromatic heterocycles. The summed E-state index contributed by atoms with van der Waals surface area (Å²) in [4.78, 5) is 4.07. The zero-order valence-corrected chi connectivity index (χ0v) is 13.5. The van der Waals surface area contributed by atoms with Crippen molar-refractivity contribution in [1.29, 1.82) is 0 Å². The maximum Gasteiger partial charge on any atom is 0.416 e. The van der Waals surface area contributed by atoms with Gasteiger partial charge in [-0.15, -0.1) is 0 Å². The fraction of sp³-hybridized carbons (Fsp3) is 0.167.